The van der Waals surface area contributed by atoms with Crippen LogP contribution in [0, 0.1) is 9.49 Å². The molecule has 1 aliphatic carbocycles. The number of halogens is 2. The Morgan fingerprint density at radius 3 is 2.94 bits per heavy atom. The predicted octanol–water partition coefficient (Wildman–Crippen LogP) is 3.47. The summed E-state index contributed by atoms with van der Waals surface area (Å²) in [7, 11) is 0. The molecular weight excluding hydrogens is 336 g/mol. The van der Waals surface area contributed by atoms with E-state index in [0.29, 0.717) is 22.5 Å². The number of benzene rings is 1. The van der Waals surface area contributed by atoms with Crippen LogP contribution < -0.4 is 5.32 Å². The SMILES string of the molecule is CCC1CC1NC(=O)c1ccc(I)c(Cl)c1. The molecule has 1 amide bonds. The Labute approximate surface area is 114 Å². The number of rotatable bonds is 3. The highest BCUT2D eigenvalue weighted by Gasteiger charge is 2.36. The lowest BCUT2D eigenvalue weighted by Crippen LogP contribution is -2.26. The second kappa shape index (κ2) is 4.92. The zero-order valence-electron chi connectivity index (χ0n) is 8.97. The summed E-state index contributed by atoms with van der Waals surface area (Å²) in [4.78, 5) is 11.8. The molecule has 16 heavy (non-hydrogen) atoms. The van der Waals surface area contributed by atoms with E-state index in [4.69, 9.17) is 11.6 Å². The van der Waals surface area contributed by atoms with Gasteiger partial charge in [0, 0.05) is 15.2 Å². The van der Waals surface area contributed by atoms with E-state index in [9.17, 15) is 4.79 Å². The van der Waals surface area contributed by atoms with E-state index in [1.54, 1.807) is 6.07 Å². The zero-order chi connectivity index (χ0) is 11.7. The van der Waals surface area contributed by atoms with Crippen LogP contribution >= 0.6 is 34.2 Å². The average molecular weight is 350 g/mol. The van der Waals surface area contributed by atoms with E-state index in [-0.39, 0.29) is 5.91 Å². The van der Waals surface area contributed by atoms with Crippen molar-refractivity contribution < 1.29 is 4.79 Å². The van der Waals surface area contributed by atoms with Gasteiger partial charge in [0.25, 0.3) is 5.91 Å². The number of hydrogen-bond acceptors (Lipinski definition) is 1. The fraction of sp³-hybridized carbons (Fsp3) is 0.417. The molecular formula is C12H13ClINO. The number of carbonyl (C=O) groups excluding carboxylic acids is 1. The lowest BCUT2D eigenvalue weighted by atomic mass is 10.2. The molecule has 0 radical (unpaired) electrons. The van der Waals surface area contributed by atoms with Crippen LogP contribution in [0.2, 0.25) is 5.02 Å². The number of nitrogens with one attached hydrogen (secondary N) is 1. The second-order valence-corrected chi connectivity index (χ2v) is 5.68. The Kier molecular flexibility index (Phi) is 3.74. The van der Waals surface area contributed by atoms with E-state index in [2.05, 4.69) is 34.8 Å². The molecule has 1 aromatic carbocycles. The molecule has 0 spiro atoms. The summed E-state index contributed by atoms with van der Waals surface area (Å²) in [5, 5.41) is 3.65. The van der Waals surface area contributed by atoms with E-state index in [0.717, 1.165) is 16.4 Å². The third-order valence-electron chi connectivity index (χ3n) is 2.95. The number of carbonyl (C=O) groups is 1. The van der Waals surface area contributed by atoms with Crippen molar-refractivity contribution in [2.24, 2.45) is 5.92 Å². The van der Waals surface area contributed by atoms with Gasteiger partial charge < -0.3 is 5.32 Å². The van der Waals surface area contributed by atoms with Gasteiger partial charge in [-0.3, -0.25) is 4.79 Å². The van der Waals surface area contributed by atoms with Crippen LogP contribution in [0.25, 0.3) is 0 Å². The Bertz CT molecular complexity index is 421. The minimum Gasteiger partial charge on any atom is -0.349 e. The van der Waals surface area contributed by atoms with Crippen LogP contribution in [-0.4, -0.2) is 11.9 Å². The molecule has 0 aromatic heterocycles. The first-order valence-corrected chi connectivity index (χ1v) is 6.83. The van der Waals surface area contributed by atoms with Gasteiger partial charge in [0.2, 0.25) is 0 Å². The summed E-state index contributed by atoms with van der Waals surface area (Å²) >= 11 is 8.13. The van der Waals surface area contributed by atoms with Crippen LogP contribution in [0.1, 0.15) is 30.1 Å². The Hall–Kier alpha value is -0.290. The predicted molar refractivity (Wildman–Crippen MR) is 73.8 cm³/mol. The minimum absolute atomic E-state index is 0.0146. The van der Waals surface area contributed by atoms with Gasteiger partial charge in [-0.1, -0.05) is 24.9 Å². The normalized spacial score (nSPS) is 22.9. The molecule has 2 unspecified atom stereocenters. The lowest BCUT2D eigenvalue weighted by Gasteiger charge is -2.05. The molecule has 4 heteroatoms. The Balaban J connectivity index is 2.01. The van der Waals surface area contributed by atoms with Crippen LogP contribution in [0.4, 0.5) is 0 Å². The largest absolute Gasteiger partial charge is 0.349 e. The highest BCUT2D eigenvalue weighted by atomic mass is 127. The van der Waals surface area contributed by atoms with Gasteiger partial charge in [-0.25, -0.2) is 0 Å². The van der Waals surface area contributed by atoms with Crippen molar-refractivity contribution in [2.75, 3.05) is 0 Å². The molecule has 1 fully saturated rings. The van der Waals surface area contributed by atoms with Crippen molar-refractivity contribution in [2.45, 2.75) is 25.8 Å². The van der Waals surface area contributed by atoms with Crippen LogP contribution in [0.5, 0.6) is 0 Å². The Morgan fingerprint density at radius 2 is 2.38 bits per heavy atom. The molecule has 0 aliphatic heterocycles. The van der Waals surface area contributed by atoms with Crippen molar-refractivity contribution in [3.63, 3.8) is 0 Å². The van der Waals surface area contributed by atoms with Gasteiger partial charge in [-0.2, -0.15) is 0 Å². The molecule has 1 aliphatic rings. The molecule has 0 heterocycles. The van der Waals surface area contributed by atoms with Crippen molar-refractivity contribution in [3.05, 3.63) is 32.4 Å². The third-order valence-corrected chi connectivity index (χ3v) is 4.52. The molecule has 0 bridgehead atoms. The highest BCUT2D eigenvalue weighted by Crippen LogP contribution is 2.33. The molecule has 2 nitrogen and oxygen atoms in total. The quantitative estimate of drug-likeness (QED) is 0.832. The summed E-state index contributed by atoms with van der Waals surface area (Å²) in [6.45, 7) is 2.15. The fourth-order valence-corrected chi connectivity index (χ4v) is 2.28. The topological polar surface area (TPSA) is 29.1 Å². The summed E-state index contributed by atoms with van der Waals surface area (Å²) in [6, 6.07) is 5.77. The van der Waals surface area contributed by atoms with E-state index in [1.807, 2.05) is 12.1 Å². The van der Waals surface area contributed by atoms with Gasteiger partial charge in [-0.05, 0) is 53.1 Å². The highest BCUT2D eigenvalue weighted by molar-refractivity contribution is 14.1. The first-order valence-electron chi connectivity index (χ1n) is 5.37. The first-order chi connectivity index (χ1) is 7.61. The maximum atomic E-state index is 11.8. The maximum Gasteiger partial charge on any atom is 0.251 e. The van der Waals surface area contributed by atoms with Gasteiger partial charge in [0.1, 0.15) is 0 Å². The van der Waals surface area contributed by atoms with Gasteiger partial charge in [0.15, 0.2) is 0 Å². The fourth-order valence-electron chi connectivity index (χ4n) is 1.76. The van der Waals surface area contributed by atoms with Crippen LogP contribution in [0.15, 0.2) is 18.2 Å². The number of amides is 1. The van der Waals surface area contributed by atoms with Gasteiger partial charge in [-0.15, -0.1) is 0 Å². The van der Waals surface area contributed by atoms with E-state index >= 15 is 0 Å². The molecule has 0 saturated heterocycles. The summed E-state index contributed by atoms with van der Waals surface area (Å²) < 4.78 is 0.966. The number of hydrogen-bond donors (Lipinski definition) is 1. The summed E-state index contributed by atoms with van der Waals surface area (Å²) in [5.74, 6) is 0.655. The molecule has 2 rings (SSSR count). The smallest absolute Gasteiger partial charge is 0.251 e. The van der Waals surface area contributed by atoms with Crippen molar-refractivity contribution >= 4 is 40.1 Å². The van der Waals surface area contributed by atoms with Crippen LogP contribution in [-0.2, 0) is 0 Å². The van der Waals surface area contributed by atoms with Crippen molar-refractivity contribution in [1.29, 1.82) is 0 Å². The Morgan fingerprint density at radius 1 is 1.62 bits per heavy atom. The minimum atomic E-state index is -0.0146. The lowest BCUT2D eigenvalue weighted by molar-refractivity contribution is 0.0949. The monoisotopic (exact) mass is 349 g/mol. The average Bonchev–Trinajstić information content (AvgIpc) is 3.00. The molecule has 2 atom stereocenters. The molecule has 1 saturated carbocycles. The van der Waals surface area contributed by atoms with Gasteiger partial charge in [0.05, 0.1) is 5.02 Å². The zero-order valence-corrected chi connectivity index (χ0v) is 11.9. The molecule has 86 valence electrons. The second-order valence-electron chi connectivity index (χ2n) is 4.11. The third kappa shape index (κ3) is 2.69. The molecule has 1 N–H and O–H groups in total. The summed E-state index contributed by atoms with van der Waals surface area (Å²) in [6.07, 6.45) is 2.25. The standard InChI is InChI=1S/C12H13ClINO/c1-2-7-6-11(7)15-12(16)8-3-4-10(14)9(13)5-8/h3-5,7,11H,2,6H2,1H3,(H,15,16). The van der Waals surface area contributed by atoms with Gasteiger partial charge >= 0.3 is 0 Å². The van der Waals surface area contributed by atoms with Crippen molar-refractivity contribution in [3.8, 4) is 0 Å². The maximum absolute atomic E-state index is 11.8. The molecule has 1 aromatic rings. The van der Waals surface area contributed by atoms with E-state index in [1.165, 1.54) is 0 Å². The van der Waals surface area contributed by atoms with E-state index < -0.39 is 0 Å². The first kappa shape index (κ1) is 12.2. The van der Waals surface area contributed by atoms with Crippen LogP contribution in [0.3, 0.4) is 0 Å². The van der Waals surface area contributed by atoms with Crippen molar-refractivity contribution in [1.82, 2.24) is 5.32 Å². The summed E-state index contributed by atoms with van der Waals surface area (Å²) in [5.41, 5.74) is 0.646.